The van der Waals surface area contributed by atoms with E-state index >= 15 is 0 Å². The molecule has 20 heavy (non-hydrogen) atoms. The fraction of sp³-hybridized carbons (Fsp3) is 0.188. The highest BCUT2D eigenvalue weighted by atomic mass is 79.9. The molecule has 0 spiro atoms. The van der Waals surface area contributed by atoms with E-state index in [0.29, 0.717) is 17.7 Å². The molecule has 2 nitrogen and oxygen atoms in total. The summed E-state index contributed by atoms with van der Waals surface area (Å²) in [6.07, 6.45) is 0.964. The highest BCUT2D eigenvalue weighted by molar-refractivity contribution is 9.11. The first-order valence-electron chi connectivity index (χ1n) is 6.34. The number of carbonyl (C=O) groups is 1. The topological polar surface area (TPSA) is 26.3 Å². The lowest BCUT2D eigenvalue weighted by molar-refractivity contribution is 0.103. The molecule has 0 N–H and O–H groups in total. The standard InChI is InChI=1S/C16H14Br2O2/c1-2-9-20-13-6-3-11(4-7-13)16(19)14-10-12(17)5-8-15(14)18/h3-8,10H,2,9H2,1H3. The maximum absolute atomic E-state index is 12.5. The number of hydrogen-bond donors (Lipinski definition) is 0. The molecule has 0 aliphatic carbocycles. The molecule has 0 unspecified atom stereocenters. The number of carbonyl (C=O) groups excluding carboxylic acids is 1. The van der Waals surface area contributed by atoms with Gasteiger partial charge in [0.2, 0.25) is 0 Å². The van der Waals surface area contributed by atoms with Gasteiger partial charge in [-0.1, -0.05) is 38.8 Å². The van der Waals surface area contributed by atoms with Crippen LogP contribution in [-0.2, 0) is 0 Å². The minimum Gasteiger partial charge on any atom is -0.494 e. The normalized spacial score (nSPS) is 10.3. The second kappa shape index (κ2) is 7.04. The van der Waals surface area contributed by atoms with Crippen LogP contribution in [0.25, 0.3) is 0 Å². The molecule has 4 heteroatoms. The summed E-state index contributed by atoms with van der Waals surface area (Å²) in [4.78, 5) is 12.5. The molecule has 2 aromatic rings. The van der Waals surface area contributed by atoms with Crippen LogP contribution in [0.4, 0.5) is 0 Å². The van der Waals surface area contributed by atoms with Crippen molar-refractivity contribution in [1.29, 1.82) is 0 Å². The summed E-state index contributed by atoms with van der Waals surface area (Å²) in [5.74, 6) is 0.775. The Morgan fingerprint density at radius 3 is 2.45 bits per heavy atom. The molecule has 2 aromatic carbocycles. The Hall–Kier alpha value is -1.13. The molecule has 0 amide bonds. The third-order valence-corrected chi connectivity index (χ3v) is 3.95. The van der Waals surface area contributed by atoms with Gasteiger partial charge in [-0.25, -0.2) is 0 Å². The summed E-state index contributed by atoms with van der Waals surface area (Å²) >= 11 is 6.79. The van der Waals surface area contributed by atoms with Gasteiger partial charge in [0.15, 0.2) is 5.78 Å². The maximum Gasteiger partial charge on any atom is 0.194 e. The highest BCUT2D eigenvalue weighted by Gasteiger charge is 2.13. The van der Waals surface area contributed by atoms with Gasteiger partial charge in [-0.05, 0) is 48.9 Å². The van der Waals surface area contributed by atoms with Crippen molar-refractivity contribution in [3.05, 3.63) is 62.5 Å². The average Bonchev–Trinajstić information content (AvgIpc) is 2.47. The second-order valence-electron chi connectivity index (χ2n) is 4.33. The SMILES string of the molecule is CCCOc1ccc(C(=O)c2cc(Br)ccc2Br)cc1. The van der Waals surface area contributed by atoms with Gasteiger partial charge < -0.3 is 4.74 Å². The lowest BCUT2D eigenvalue weighted by Gasteiger charge is -2.07. The quantitative estimate of drug-likeness (QED) is 0.645. The lowest BCUT2D eigenvalue weighted by Crippen LogP contribution is -2.03. The fourth-order valence-electron chi connectivity index (χ4n) is 1.75. The Balaban J connectivity index is 2.22. The number of benzene rings is 2. The molecule has 0 aliphatic rings. The van der Waals surface area contributed by atoms with E-state index in [9.17, 15) is 4.79 Å². The number of ketones is 1. The van der Waals surface area contributed by atoms with E-state index in [2.05, 4.69) is 38.8 Å². The molecule has 0 heterocycles. The Labute approximate surface area is 135 Å². The predicted molar refractivity (Wildman–Crippen MR) is 87.5 cm³/mol. The molecule has 0 fully saturated rings. The number of hydrogen-bond acceptors (Lipinski definition) is 2. The van der Waals surface area contributed by atoms with E-state index in [1.807, 2.05) is 30.3 Å². The first kappa shape index (κ1) is 15.3. The van der Waals surface area contributed by atoms with Crippen molar-refractivity contribution in [2.24, 2.45) is 0 Å². The van der Waals surface area contributed by atoms with Crippen LogP contribution in [0.3, 0.4) is 0 Å². The monoisotopic (exact) mass is 396 g/mol. The molecular formula is C16H14Br2O2. The van der Waals surface area contributed by atoms with Gasteiger partial charge in [0.05, 0.1) is 6.61 Å². The van der Waals surface area contributed by atoms with Crippen molar-refractivity contribution in [2.45, 2.75) is 13.3 Å². The van der Waals surface area contributed by atoms with Crippen LogP contribution in [0.5, 0.6) is 5.75 Å². The number of halogens is 2. The summed E-state index contributed by atoms with van der Waals surface area (Å²) in [5.41, 5.74) is 1.29. The fourth-order valence-corrected chi connectivity index (χ4v) is 2.54. The minimum absolute atomic E-state index is 0.0137. The highest BCUT2D eigenvalue weighted by Crippen LogP contribution is 2.25. The van der Waals surface area contributed by atoms with Crippen molar-refractivity contribution in [1.82, 2.24) is 0 Å². The largest absolute Gasteiger partial charge is 0.494 e. The van der Waals surface area contributed by atoms with Gasteiger partial charge in [0.25, 0.3) is 0 Å². The van der Waals surface area contributed by atoms with Gasteiger partial charge in [-0.15, -0.1) is 0 Å². The van der Waals surface area contributed by atoms with Gasteiger partial charge in [0.1, 0.15) is 5.75 Å². The van der Waals surface area contributed by atoms with Crippen molar-refractivity contribution in [3.63, 3.8) is 0 Å². The second-order valence-corrected chi connectivity index (χ2v) is 6.10. The van der Waals surface area contributed by atoms with Crippen molar-refractivity contribution in [2.75, 3.05) is 6.61 Å². The Kier molecular flexibility index (Phi) is 5.38. The van der Waals surface area contributed by atoms with E-state index in [4.69, 9.17) is 4.74 Å². The van der Waals surface area contributed by atoms with Crippen LogP contribution in [-0.4, -0.2) is 12.4 Å². The average molecular weight is 398 g/mol. The van der Waals surface area contributed by atoms with Crippen LogP contribution < -0.4 is 4.74 Å². The van der Waals surface area contributed by atoms with Crippen molar-refractivity contribution >= 4 is 37.6 Å². The Morgan fingerprint density at radius 2 is 1.80 bits per heavy atom. The Bertz CT molecular complexity index is 606. The summed E-state index contributed by atoms with van der Waals surface area (Å²) in [6.45, 7) is 2.74. The molecule has 2 rings (SSSR count). The first-order valence-corrected chi connectivity index (χ1v) is 7.93. The van der Waals surface area contributed by atoms with Gasteiger partial charge >= 0.3 is 0 Å². The van der Waals surface area contributed by atoms with Crippen LogP contribution in [0.1, 0.15) is 29.3 Å². The van der Waals surface area contributed by atoms with Crippen LogP contribution in [0, 0.1) is 0 Å². The van der Waals surface area contributed by atoms with Crippen LogP contribution in [0.2, 0.25) is 0 Å². The van der Waals surface area contributed by atoms with Gasteiger partial charge in [-0.3, -0.25) is 4.79 Å². The zero-order valence-electron chi connectivity index (χ0n) is 11.0. The molecule has 104 valence electrons. The number of ether oxygens (including phenoxy) is 1. The summed E-state index contributed by atoms with van der Waals surface area (Å²) in [7, 11) is 0. The molecule has 0 saturated heterocycles. The van der Waals surface area contributed by atoms with E-state index in [-0.39, 0.29) is 5.78 Å². The zero-order chi connectivity index (χ0) is 14.5. The Morgan fingerprint density at radius 1 is 1.10 bits per heavy atom. The maximum atomic E-state index is 12.5. The summed E-state index contributed by atoms with van der Waals surface area (Å²) in [6, 6.07) is 12.8. The van der Waals surface area contributed by atoms with E-state index < -0.39 is 0 Å². The minimum atomic E-state index is -0.0137. The molecule has 0 radical (unpaired) electrons. The van der Waals surface area contributed by atoms with E-state index in [0.717, 1.165) is 21.1 Å². The zero-order valence-corrected chi connectivity index (χ0v) is 14.2. The van der Waals surface area contributed by atoms with Crippen molar-refractivity contribution < 1.29 is 9.53 Å². The molecule has 0 saturated carbocycles. The molecule has 0 aliphatic heterocycles. The van der Waals surface area contributed by atoms with E-state index in [1.54, 1.807) is 12.1 Å². The summed E-state index contributed by atoms with van der Waals surface area (Å²) < 4.78 is 7.18. The van der Waals surface area contributed by atoms with Crippen LogP contribution >= 0.6 is 31.9 Å². The van der Waals surface area contributed by atoms with Gasteiger partial charge in [-0.2, -0.15) is 0 Å². The summed E-state index contributed by atoms with van der Waals surface area (Å²) in [5, 5.41) is 0. The third-order valence-electron chi connectivity index (χ3n) is 2.76. The number of rotatable bonds is 5. The smallest absolute Gasteiger partial charge is 0.194 e. The molecule has 0 aromatic heterocycles. The van der Waals surface area contributed by atoms with Crippen LogP contribution in [0.15, 0.2) is 51.4 Å². The van der Waals surface area contributed by atoms with Gasteiger partial charge in [0, 0.05) is 20.1 Å². The molecule has 0 atom stereocenters. The van der Waals surface area contributed by atoms with Crippen molar-refractivity contribution in [3.8, 4) is 5.75 Å². The predicted octanol–water partition coefficient (Wildman–Crippen LogP) is 5.23. The molecular weight excluding hydrogens is 384 g/mol. The first-order chi connectivity index (χ1) is 9.61. The molecule has 0 bridgehead atoms. The lowest BCUT2D eigenvalue weighted by atomic mass is 10.0. The van der Waals surface area contributed by atoms with E-state index in [1.165, 1.54) is 0 Å². The third kappa shape index (κ3) is 3.70.